The van der Waals surface area contributed by atoms with Gasteiger partial charge in [0.1, 0.15) is 10.9 Å². The van der Waals surface area contributed by atoms with Crippen LogP contribution in [-0.2, 0) is 34.3 Å². The third kappa shape index (κ3) is 5.03. The van der Waals surface area contributed by atoms with Crippen LogP contribution in [0.2, 0.25) is 0 Å². The molecule has 3 heterocycles. The fourth-order valence-electron chi connectivity index (χ4n) is 3.66. The average Bonchev–Trinajstić information content (AvgIpc) is 3.48. The second-order valence-electron chi connectivity index (χ2n) is 7.50. The smallest absolute Gasteiger partial charge is 0.246 e. The fraction of sp³-hybridized carbons (Fsp3) is 0.476. The lowest BCUT2D eigenvalue weighted by atomic mass is 10.1. The van der Waals surface area contributed by atoms with E-state index >= 15 is 0 Å². The molecule has 0 amide bonds. The highest BCUT2D eigenvalue weighted by Crippen LogP contribution is 2.34. The second kappa shape index (κ2) is 9.71. The Hall–Kier alpha value is -2.56. The predicted octanol–water partition coefficient (Wildman–Crippen LogP) is 2.96. The van der Waals surface area contributed by atoms with Gasteiger partial charge in [-0.25, -0.2) is 8.42 Å². The number of hydrogen-bond donors (Lipinski definition) is 0. The first-order valence-corrected chi connectivity index (χ1v) is 12.0. The van der Waals surface area contributed by atoms with Crippen molar-refractivity contribution in [3.05, 3.63) is 60.0 Å². The van der Waals surface area contributed by atoms with Crippen molar-refractivity contribution in [3.63, 3.8) is 0 Å². The molecular formula is C21H27N5O4S. The number of hydrogen-bond acceptors (Lipinski definition) is 7. The van der Waals surface area contributed by atoms with Crippen molar-refractivity contribution < 1.29 is 17.7 Å². The number of sulfonamides is 1. The molecule has 1 fully saturated rings. The number of rotatable bonds is 9. The summed E-state index contributed by atoms with van der Waals surface area (Å²) in [6.07, 6.45) is 5.80. The van der Waals surface area contributed by atoms with Crippen LogP contribution in [0.5, 0.6) is 0 Å². The van der Waals surface area contributed by atoms with Gasteiger partial charge in [0.25, 0.3) is 0 Å². The Morgan fingerprint density at radius 2 is 2.06 bits per heavy atom. The molecule has 0 saturated carbocycles. The van der Waals surface area contributed by atoms with Gasteiger partial charge in [-0.05, 0) is 25.3 Å². The van der Waals surface area contributed by atoms with E-state index in [1.807, 2.05) is 37.3 Å². The van der Waals surface area contributed by atoms with Crippen LogP contribution < -0.4 is 0 Å². The second-order valence-corrected chi connectivity index (χ2v) is 9.39. The molecule has 1 aliphatic rings. The molecule has 2 aromatic heterocycles. The van der Waals surface area contributed by atoms with Crippen molar-refractivity contribution in [3.8, 4) is 0 Å². The van der Waals surface area contributed by atoms with Crippen LogP contribution in [0.4, 0.5) is 0 Å². The molecule has 4 rings (SSSR count). The Kier molecular flexibility index (Phi) is 6.79. The largest absolute Gasteiger partial charge is 0.376 e. The van der Waals surface area contributed by atoms with E-state index in [9.17, 15) is 8.42 Å². The maximum Gasteiger partial charge on any atom is 0.246 e. The molecule has 0 N–H and O–H groups in total. The van der Waals surface area contributed by atoms with Crippen LogP contribution >= 0.6 is 0 Å². The van der Waals surface area contributed by atoms with Crippen molar-refractivity contribution >= 4 is 10.0 Å². The van der Waals surface area contributed by atoms with Crippen LogP contribution in [0.1, 0.15) is 49.5 Å². The summed E-state index contributed by atoms with van der Waals surface area (Å²) in [6.45, 7) is 3.92. The van der Waals surface area contributed by atoms with Gasteiger partial charge in [-0.15, -0.1) is 0 Å². The lowest BCUT2D eigenvalue weighted by molar-refractivity contribution is 0.122. The van der Waals surface area contributed by atoms with Crippen molar-refractivity contribution in [2.24, 2.45) is 0 Å². The molecule has 0 spiro atoms. The summed E-state index contributed by atoms with van der Waals surface area (Å²) in [6, 6.07) is 9.47. The van der Waals surface area contributed by atoms with Crippen LogP contribution in [0, 0.1) is 0 Å². The molecule has 0 radical (unpaired) electrons. The Labute approximate surface area is 182 Å². The molecule has 1 atom stereocenters. The third-order valence-electron chi connectivity index (χ3n) is 5.34. The Morgan fingerprint density at radius 1 is 1.23 bits per heavy atom. The number of nitrogens with zero attached hydrogens (tertiary/aromatic N) is 5. The van der Waals surface area contributed by atoms with Crippen LogP contribution in [0.25, 0.3) is 0 Å². The summed E-state index contributed by atoms with van der Waals surface area (Å²) in [4.78, 5) is 4.66. The Morgan fingerprint density at radius 3 is 2.84 bits per heavy atom. The van der Waals surface area contributed by atoms with Gasteiger partial charge in [-0.3, -0.25) is 4.68 Å². The number of ether oxygens (including phenoxy) is 1. The van der Waals surface area contributed by atoms with E-state index in [2.05, 4.69) is 15.2 Å². The highest BCUT2D eigenvalue weighted by Gasteiger charge is 2.38. The maximum atomic E-state index is 13.2. The predicted molar refractivity (Wildman–Crippen MR) is 112 cm³/mol. The van der Waals surface area contributed by atoms with Gasteiger partial charge in [0.2, 0.25) is 15.9 Å². The maximum absolute atomic E-state index is 13.2. The molecule has 0 aliphatic carbocycles. The summed E-state index contributed by atoms with van der Waals surface area (Å²) in [5, 5.41) is 8.15. The Balaban J connectivity index is 1.41. The summed E-state index contributed by atoms with van der Waals surface area (Å²) >= 11 is 0. The van der Waals surface area contributed by atoms with Gasteiger partial charge >= 0.3 is 0 Å². The van der Waals surface area contributed by atoms with Crippen molar-refractivity contribution in [1.82, 2.24) is 24.2 Å². The monoisotopic (exact) mass is 445 g/mol. The molecule has 1 aromatic carbocycles. The van der Waals surface area contributed by atoms with Crippen LogP contribution in [0.3, 0.4) is 0 Å². The normalized spacial score (nSPS) is 17.8. The first kappa shape index (κ1) is 21.7. The van der Waals surface area contributed by atoms with Gasteiger partial charge in [0.15, 0.2) is 5.82 Å². The molecule has 10 heteroatoms. The van der Waals surface area contributed by atoms with E-state index in [1.165, 1.54) is 10.5 Å². The SMILES string of the molecule is CCn1cc(S(=O)(=O)N2CCCCC2c2nc(CCOCc3ccccc3)no2)cn1. The van der Waals surface area contributed by atoms with E-state index in [-0.39, 0.29) is 4.90 Å². The third-order valence-corrected chi connectivity index (χ3v) is 7.21. The van der Waals surface area contributed by atoms with E-state index in [4.69, 9.17) is 9.26 Å². The lowest BCUT2D eigenvalue weighted by Crippen LogP contribution is -2.38. The molecule has 1 aliphatic heterocycles. The Bertz CT molecular complexity index is 1080. The highest BCUT2D eigenvalue weighted by molar-refractivity contribution is 7.89. The van der Waals surface area contributed by atoms with Gasteiger partial charge in [-0.1, -0.05) is 41.9 Å². The first-order valence-electron chi connectivity index (χ1n) is 10.6. The van der Waals surface area contributed by atoms with E-state index in [0.29, 0.717) is 50.9 Å². The van der Waals surface area contributed by atoms with Gasteiger partial charge in [0.05, 0.1) is 19.4 Å². The van der Waals surface area contributed by atoms with Crippen LogP contribution in [0.15, 0.2) is 52.1 Å². The highest BCUT2D eigenvalue weighted by atomic mass is 32.2. The summed E-state index contributed by atoms with van der Waals surface area (Å²) in [5.74, 6) is 0.856. The van der Waals surface area contributed by atoms with Gasteiger partial charge in [-0.2, -0.15) is 14.4 Å². The molecule has 9 nitrogen and oxygen atoms in total. The van der Waals surface area contributed by atoms with E-state index in [0.717, 1.165) is 18.4 Å². The number of aryl methyl sites for hydroxylation is 1. The molecule has 0 bridgehead atoms. The number of piperidine rings is 1. The lowest BCUT2D eigenvalue weighted by Gasteiger charge is -2.31. The van der Waals surface area contributed by atoms with Crippen molar-refractivity contribution in [2.75, 3.05) is 13.2 Å². The zero-order valence-electron chi connectivity index (χ0n) is 17.6. The molecule has 3 aromatic rings. The van der Waals surface area contributed by atoms with Gasteiger partial charge < -0.3 is 9.26 Å². The summed E-state index contributed by atoms with van der Waals surface area (Å²) < 4.78 is 40.7. The molecule has 31 heavy (non-hydrogen) atoms. The topological polar surface area (TPSA) is 103 Å². The fourth-order valence-corrected chi connectivity index (χ4v) is 5.26. The van der Waals surface area contributed by atoms with Crippen molar-refractivity contribution in [2.45, 2.75) is 56.7 Å². The van der Waals surface area contributed by atoms with Gasteiger partial charge in [0, 0.05) is 25.7 Å². The minimum Gasteiger partial charge on any atom is -0.376 e. The first-order chi connectivity index (χ1) is 15.1. The zero-order chi connectivity index (χ0) is 21.7. The van der Waals surface area contributed by atoms with Crippen LogP contribution in [-0.4, -0.2) is 45.8 Å². The van der Waals surface area contributed by atoms with E-state index < -0.39 is 16.1 Å². The minimum absolute atomic E-state index is 0.190. The summed E-state index contributed by atoms with van der Waals surface area (Å²) in [5.41, 5.74) is 1.10. The number of aromatic nitrogens is 4. The molecule has 1 unspecified atom stereocenters. The quantitative estimate of drug-likeness (QED) is 0.467. The zero-order valence-corrected chi connectivity index (χ0v) is 18.4. The summed E-state index contributed by atoms with van der Waals surface area (Å²) in [7, 11) is -3.69. The molecule has 1 saturated heterocycles. The number of benzene rings is 1. The molecule has 166 valence electrons. The standard InChI is InChI=1S/C21H27N5O4S/c1-2-25-15-18(14-22-25)31(27,28)26-12-7-6-10-19(26)21-23-20(24-30-21)11-13-29-16-17-8-4-3-5-9-17/h3-5,8-9,14-15,19H,2,6-7,10-13,16H2,1H3. The minimum atomic E-state index is -3.69. The van der Waals surface area contributed by atoms with E-state index in [1.54, 1.807) is 10.9 Å². The molecular weight excluding hydrogens is 418 g/mol. The average molecular weight is 446 g/mol. The van der Waals surface area contributed by atoms with Crippen molar-refractivity contribution in [1.29, 1.82) is 0 Å².